The quantitative estimate of drug-likeness (QED) is 0.546. The lowest BCUT2D eigenvalue weighted by atomic mass is 10.1. The van der Waals surface area contributed by atoms with Gasteiger partial charge in [0.2, 0.25) is 0 Å². The Morgan fingerprint density at radius 2 is 1.72 bits per heavy atom. The first kappa shape index (κ1) is 15.4. The highest BCUT2D eigenvalue weighted by Crippen LogP contribution is 2.14. The molecular formula is C11H20ClN3O2S. The Labute approximate surface area is 113 Å². The van der Waals surface area contributed by atoms with Gasteiger partial charge in [0, 0.05) is 24.2 Å². The zero-order valence-corrected chi connectivity index (χ0v) is 12.5. The summed E-state index contributed by atoms with van der Waals surface area (Å²) in [6.07, 6.45) is 7.86. The van der Waals surface area contributed by atoms with Crippen LogP contribution in [0.4, 0.5) is 0 Å². The second-order valence-corrected chi connectivity index (χ2v) is 6.87. The average Bonchev–Trinajstić information content (AvgIpc) is 2.65. The van der Waals surface area contributed by atoms with Crippen molar-refractivity contribution in [2.24, 2.45) is 7.05 Å². The summed E-state index contributed by atoms with van der Waals surface area (Å²) in [7, 11) is 3.08. The molecule has 5 nitrogen and oxygen atoms in total. The highest BCUT2D eigenvalue weighted by atomic mass is 35.7. The van der Waals surface area contributed by atoms with Crippen molar-refractivity contribution < 1.29 is 8.42 Å². The van der Waals surface area contributed by atoms with Crippen LogP contribution in [-0.4, -0.2) is 23.2 Å². The van der Waals surface area contributed by atoms with E-state index >= 15 is 0 Å². The Bertz CT molecular complexity index is 471. The molecule has 1 aromatic heterocycles. The minimum Gasteiger partial charge on any atom is -0.304 e. The molecule has 0 saturated heterocycles. The molecule has 0 saturated carbocycles. The van der Waals surface area contributed by atoms with Crippen LogP contribution in [0, 0.1) is 0 Å². The lowest BCUT2D eigenvalue weighted by Crippen LogP contribution is -2.05. The third kappa shape index (κ3) is 4.57. The van der Waals surface area contributed by atoms with Crippen molar-refractivity contribution in [1.82, 2.24) is 14.8 Å². The minimum atomic E-state index is -3.79. The predicted molar refractivity (Wildman–Crippen MR) is 71.1 cm³/mol. The zero-order chi connectivity index (χ0) is 13.6. The van der Waals surface area contributed by atoms with Crippen LogP contribution >= 0.6 is 10.7 Å². The summed E-state index contributed by atoms with van der Waals surface area (Å²) in [5.74, 6) is 0.671. The van der Waals surface area contributed by atoms with Crippen LogP contribution in [-0.2, 0) is 22.5 Å². The summed E-state index contributed by atoms with van der Waals surface area (Å²) in [4.78, 5) is 0. The number of hydrogen-bond donors (Lipinski definition) is 0. The second-order valence-electron chi connectivity index (χ2n) is 4.41. The second kappa shape index (κ2) is 7.09. The molecule has 0 radical (unpaired) electrons. The van der Waals surface area contributed by atoms with Gasteiger partial charge in [-0.25, -0.2) is 8.42 Å². The molecule has 0 aliphatic heterocycles. The maximum absolute atomic E-state index is 11.2. The number of rotatable bonds is 8. The normalized spacial score (nSPS) is 11.9. The molecule has 0 fully saturated rings. The van der Waals surface area contributed by atoms with E-state index in [2.05, 4.69) is 17.1 Å². The maximum atomic E-state index is 11.2. The van der Waals surface area contributed by atoms with Crippen molar-refractivity contribution in [3.63, 3.8) is 0 Å². The van der Waals surface area contributed by atoms with Gasteiger partial charge in [-0.15, -0.1) is 10.2 Å². The van der Waals surface area contributed by atoms with Crippen molar-refractivity contribution in [3.05, 3.63) is 5.82 Å². The summed E-state index contributed by atoms with van der Waals surface area (Å²) in [6.45, 7) is 2.19. The first-order chi connectivity index (χ1) is 8.46. The van der Waals surface area contributed by atoms with Gasteiger partial charge in [-0.1, -0.05) is 39.0 Å². The van der Waals surface area contributed by atoms with Crippen LogP contribution in [0.3, 0.4) is 0 Å². The number of halogens is 1. The molecule has 104 valence electrons. The maximum Gasteiger partial charge on any atom is 0.296 e. The monoisotopic (exact) mass is 293 g/mol. The van der Waals surface area contributed by atoms with Crippen molar-refractivity contribution in [1.29, 1.82) is 0 Å². The van der Waals surface area contributed by atoms with E-state index in [0.717, 1.165) is 19.3 Å². The third-order valence-corrected chi connectivity index (χ3v) is 4.10. The SMILES string of the molecule is CCCCCCCCc1nnc(S(=O)(=O)Cl)n1C. The van der Waals surface area contributed by atoms with Gasteiger partial charge in [0.15, 0.2) is 0 Å². The van der Waals surface area contributed by atoms with Gasteiger partial charge in [-0.05, 0) is 6.42 Å². The Balaban J connectivity index is 2.42. The van der Waals surface area contributed by atoms with Crippen molar-refractivity contribution >= 4 is 19.7 Å². The van der Waals surface area contributed by atoms with Gasteiger partial charge in [0.25, 0.3) is 14.2 Å². The van der Waals surface area contributed by atoms with Crippen LogP contribution in [0.2, 0.25) is 0 Å². The minimum absolute atomic E-state index is 0.176. The lowest BCUT2D eigenvalue weighted by Gasteiger charge is -2.02. The van der Waals surface area contributed by atoms with Crippen LogP contribution in [0.5, 0.6) is 0 Å². The van der Waals surface area contributed by atoms with E-state index in [1.165, 1.54) is 30.3 Å². The highest BCUT2D eigenvalue weighted by molar-refractivity contribution is 8.13. The first-order valence-electron chi connectivity index (χ1n) is 6.29. The largest absolute Gasteiger partial charge is 0.304 e. The summed E-state index contributed by atoms with van der Waals surface area (Å²) in [6, 6.07) is 0. The van der Waals surface area contributed by atoms with E-state index in [9.17, 15) is 8.42 Å². The molecule has 0 aliphatic rings. The molecule has 1 aromatic rings. The van der Waals surface area contributed by atoms with Gasteiger partial charge in [0.1, 0.15) is 5.82 Å². The third-order valence-electron chi connectivity index (χ3n) is 2.90. The van der Waals surface area contributed by atoms with E-state index in [1.807, 2.05) is 0 Å². The van der Waals surface area contributed by atoms with E-state index in [0.29, 0.717) is 5.82 Å². The molecule has 7 heteroatoms. The number of hydrogen-bond acceptors (Lipinski definition) is 4. The van der Waals surface area contributed by atoms with E-state index < -0.39 is 9.05 Å². The predicted octanol–water partition coefficient (Wildman–Crippen LogP) is 2.65. The van der Waals surface area contributed by atoms with Crippen molar-refractivity contribution in [2.45, 2.75) is 57.0 Å². The van der Waals surface area contributed by atoms with Crippen LogP contribution < -0.4 is 0 Å². The molecule has 0 N–H and O–H groups in total. The molecule has 0 aliphatic carbocycles. The van der Waals surface area contributed by atoms with Crippen molar-refractivity contribution in [2.75, 3.05) is 0 Å². The molecular weight excluding hydrogens is 274 g/mol. The smallest absolute Gasteiger partial charge is 0.296 e. The molecule has 0 atom stereocenters. The number of aromatic nitrogens is 3. The van der Waals surface area contributed by atoms with Crippen LogP contribution in [0.25, 0.3) is 0 Å². The Morgan fingerprint density at radius 1 is 1.11 bits per heavy atom. The molecule has 0 spiro atoms. The molecule has 18 heavy (non-hydrogen) atoms. The number of unbranched alkanes of at least 4 members (excludes halogenated alkanes) is 5. The van der Waals surface area contributed by atoms with E-state index in [1.54, 1.807) is 7.05 Å². The molecule has 0 aromatic carbocycles. The number of aryl methyl sites for hydroxylation is 1. The molecule has 1 heterocycles. The topological polar surface area (TPSA) is 64.8 Å². The molecule has 0 amide bonds. The molecule has 1 rings (SSSR count). The Kier molecular flexibility index (Phi) is 6.08. The summed E-state index contributed by atoms with van der Waals surface area (Å²) >= 11 is 0. The van der Waals surface area contributed by atoms with Crippen molar-refractivity contribution in [3.8, 4) is 0 Å². The fourth-order valence-electron chi connectivity index (χ4n) is 1.84. The summed E-state index contributed by atoms with van der Waals surface area (Å²) in [5.41, 5.74) is 0. The van der Waals surface area contributed by atoms with E-state index in [4.69, 9.17) is 10.7 Å². The summed E-state index contributed by atoms with van der Waals surface area (Å²) < 4.78 is 23.8. The van der Waals surface area contributed by atoms with Gasteiger partial charge in [0.05, 0.1) is 0 Å². The average molecular weight is 294 g/mol. The fraction of sp³-hybridized carbons (Fsp3) is 0.818. The first-order valence-corrected chi connectivity index (χ1v) is 8.60. The standard InChI is InChI=1S/C11H20ClN3O2S/c1-3-4-5-6-7-8-9-10-13-14-11(15(10)2)18(12,16)17/h3-9H2,1-2H3. The molecule has 0 unspecified atom stereocenters. The molecule has 0 bridgehead atoms. The lowest BCUT2D eigenvalue weighted by molar-refractivity contribution is 0.580. The zero-order valence-electron chi connectivity index (χ0n) is 10.9. The number of nitrogens with zero attached hydrogens (tertiary/aromatic N) is 3. The Morgan fingerprint density at radius 3 is 2.28 bits per heavy atom. The van der Waals surface area contributed by atoms with Gasteiger partial charge < -0.3 is 4.57 Å². The Hall–Kier alpha value is -0.620. The fourth-order valence-corrected chi connectivity index (χ4v) is 2.81. The van der Waals surface area contributed by atoms with Gasteiger partial charge >= 0.3 is 0 Å². The van der Waals surface area contributed by atoms with Gasteiger partial charge in [-0.3, -0.25) is 0 Å². The van der Waals surface area contributed by atoms with E-state index in [-0.39, 0.29) is 5.16 Å². The van der Waals surface area contributed by atoms with Crippen LogP contribution in [0.15, 0.2) is 5.16 Å². The highest BCUT2D eigenvalue weighted by Gasteiger charge is 2.19. The van der Waals surface area contributed by atoms with Crippen LogP contribution in [0.1, 0.15) is 51.3 Å². The summed E-state index contributed by atoms with van der Waals surface area (Å²) in [5, 5.41) is 7.30. The van der Waals surface area contributed by atoms with Gasteiger partial charge in [-0.2, -0.15) is 0 Å².